The first-order chi connectivity index (χ1) is 5.77. The Morgan fingerprint density at radius 2 is 2.25 bits per heavy atom. The molecule has 0 saturated heterocycles. The molecule has 60 valence electrons. The van der Waals surface area contributed by atoms with Crippen LogP contribution in [0, 0.1) is 0 Å². The number of halogens is 1. The van der Waals surface area contributed by atoms with Gasteiger partial charge in [-0.05, 0) is 28.1 Å². The van der Waals surface area contributed by atoms with E-state index in [2.05, 4.69) is 25.9 Å². The Morgan fingerprint density at radius 3 is 3.08 bits per heavy atom. The standard InChI is InChI=1S/C8H6BrN3/c9-6-4-5-2-1-3-11-7(5)8(10)12-6/h1-4H,(H2,10,12). The van der Waals surface area contributed by atoms with E-state index in [1.54, 1.807) is 6.20 Å². The number of nitrogen functional groups attached to an aromatic ring is 1. The van der Waals surface area contributed by atoms with Gasteiger partial charge in [-0.3, -0.25) is 4.98 Å². The zero-order chi connectivity index (χ0) is 8.55. The second kappa shape index (κ2) is 2.71. The highest BCUT2D eigenvalue weighted by molar-refractivity contribution is 9.10. The van der Waals surface area contributed by atoms with Crippen LogP contribution in [0.1, 0.15) is 0 Å². The number of pyridine rings is 2. The van der Waals surface area contributed by atoms with Crippen LogP contribution in [0.4, 0.5) is 5.82 Å². The highest BCUT2D eigenvalue weighted by atomic mass is 79.9. The molecule has 0 bridgehead atoms. The lowest BCUT2D eigenvalue weighted by Crippen LogP contribution is -1.93. The maximum Gasteiger partial charge on any atom is 0.151 e. The van der Waals surface area contributed by atoms with Gasteiger partial charge in [0, 0.05) is 11.6 Å². The maximum absolute atomic E-state index is 5.65. The zero-order valence-corrected chi connectivity index (χ0v) is 7.75. The monoisotopic (exact) mass is 223 g/mol. The Hall–Kier alpha value is -1.16. The van der Waals surface area contributed by atoms with Gasteiger partial charge in [-0.15, -0.1) is 0 Å². The molecule has 0 spiro atoms. The SMILES string of the molecule is Nc1nc(Br)cc2cccnc12. The molecule has 12 heavy (non-hydrogen) atoms. The summed E-state index contributed by atoms with van der Waals surface area (Å²) in [5, 5.41) is 0.997. The van der Waals surface area contributed by atoms with E-state index >= 15 is 0 Å². The minimum absolute atomic E-state index is 0.458. The quantitative estimate of drug-likeness (QED) is 0.696. The molecule has 2 rings (SSSR count). The van der Waals surface area contributed by atoms with E-state index in [9.17, 15) is 0 Å². The molecule has 0 atom stereocenters. The number of hydrogen-bond donors (Lipinski definition) is 1. The van der Waals surface area contributed by atoms with Crippen molar-refractivity contribution < 1.29 is 0 Å². The summed E-state index contributed by atoms with van der Waals surface area (Å²) >= 11 is 3.26. The van der Waals surface area contributed by atoms with Gasteiger partial charge in [0.1, 0.15) is 10.1 Å². The Bertz CT molecular complexity index is 428. The van der Waals surface area contributed by atoms with Crippen LogP contribution in [0.5, 0.6) is 0 Å². The fourth-order valence-corrected chi connectivity index (χ4v) is 1.51. The molecule has 0 radical (unpaired) electrons. The Kier molecular flexibility index (Phi) is 1.69. The van der Waals surface area contributed by atoms with Crippen LogP contribution in [0.2, 0.25) is 0 Å². The van der Waals surface area contributed by atoms with Crippen molar-refractivity contribution in [3.05, 3.63) is 29.0 Å². The maximum atomic E-state index is 5.65. The van der Waals surface area contributed by atoms with Crippen molar-refractivity contribution in [1.29, 1.82) is 0 Å². The molecule has 2 N–H and O–H groups in total. The van der Waals surface area contributed by atoms with E-state index in [4.69, 9.17) is 5.73 Å². The molecule has 0 aromatic carbocycles. The van der Waals surface area contributed by atoms with Crippen LogP contribution in [-0.2, 0) is 0 Å². The summed E-state index contributed by atoms with van der Waals surface area (Å²) in [7, 11) is 0. The van der Waals surface area contributed by atoms with E-state index in [0.29, 0.717) is 5.82 Å². The molecule has 0 saturated carbocycles. The number of anilines is 1. The van der Waals surface area contributed by atoms with Crippen molar-refractivity contribution in [3.8, 4) is 0 Å². The van der Waals surface area contributed by atoms with Gasteiger partial charge < -0.3 is 5.73 Å². The van der Waals surface area contributed by atoms with Crippen molar-refractivity contribution in [2.24, 2.45) is 0 Å². The van der Waals surface area contributed by atoms with E-state index in [-0.39, 0.29) is 0 Å². The van der Waals surface area contributed by atoms with Crippen LogP contribution in [0.3, 0.4) is 0 Å². The largest absolute Gasteiger partial charge is 0.382 e. The lowest BCUT2D eigenvalue weighted by Gasteiger charge is -1.99. The number of hydrogen-bond acceptors (Lipinski definition) is 3. The minimum atomic E-state index is 0.458. The van der Waals surface area contributed by atoms with Crippen molar-refractivity contribution in [3.63, 3.8) is 0 Å². The third-order valence-electron chi connectivity index (χ3n) is 1.58. The fourth-order valence-electron chi connectivity index (χ4n) is 1.08. The normalized spacial score (nSPS) is 10.4. The van der Waals surface area contributed by atoms with Crippen molar-refractivity contribution in [1.82, 2.24) is 9.97 Å². The van der Waals surface area contributed by atoms with Crippen LogP contribution >= 0.6 is 15.9 Å². The average molecular weight is 224 g/mol. The molecule has 2 aromatic rings. The average Bonchev–Trinajstić information content (AvgIpc) is 2.04. The van der Waals surface area contributed by atoms with Crippen molar-refractivity contribution >= 4 is 32.7 Å². The number of aromatic nitrogens is 2. The van der Waals surface area contributed by atoms with Gasteiger partial charge in [0.25, 0.3) is 0 Å². The van der Waals surface area contributed by atoms with Crippen LogP contribution in [0.25, 0.3) is 10.9 Å². The fraction of sp³-hybridized carbons (Fsp3) is 0. The van der Waals surface area contributed by atoms with Crippen molar-refractivity contribution in [2.75, 3.05) is 5.73 Å². The van der Waals surface area contributed by atoms with Crippen LogP contribution in [0.15, 0.2) is 29.0 Å². The summed E-state index contributed by atoms with van der Waals surface area (Å²) in [5.74, 6) is 0.458. The van der Waals surface area contributed by atoms with E-state index in [1.165, 1.54) is 0 Å². The van der Waals surface area contributed by atoms with Gasteiger partial charge in [0.05, 0.1) is 0 Å². The molecule has 0 unspecified atom stereocenters. The molecular formula is C8H6BrN3. The highest BCUT2D eigenvalue weighted by Crippen LogP contribution is 2.19. The number of nitrogens with two attached hydrogens (primary N) is 1. The molecule has 2 aromatic heterocycles. The third kappa shape index (κ3) is 1.14. The van der Waals surface area contributed by atoms with Crippen LogP contribution < -0.4 is 5.73 Å². The summed E-state index contributed by atoms with van der Waals surface area (Å²) in [4.78, 5) is 8.15. The summed E-state index contributed by atoms with van der Waals surface area (Å²) in [6, 6.07) is 5.71. The van der Waals surface area contributed by atoms with Gasteiger partial charge >= 0.3 is 0 Å². The molecule has 0 amide bonds. The summed E-state index contributed by atoms with van der Waals surface area (Å²) in [5.41, 5.74) is 6.40. The highest BCUT2D eigenvalue weighted by Gasteiger charge is 2.00. The van der Waals surface area contributed by atoms with Gasteiger partial charge in [-0.25, -0.2) is 4.98 Å². The minimum Gasteiger partial charge on any atom is -0.382 e. The first-order valence-electron chi connectivity index (χ1n) is 3.44. The van der Waals surface area contributed by atoms with E-state index < -0.39 is 0 Å². The Labute approximate surface area is 77.8 Å². The summed E-state index contributed by atoms with van der Waals surface area (Å²) in [6.07, 6.45) is 1.70. The van der Waals surface area contributed by atoms with E-state index in [0.717, 1.165) is 15.5 Å². The third-order valence-corrected chi connectivity index (χ3v) is 1.99. The zero-order valence-electron chi connectivity index (χ0n) is 6.16. The Morgan fingerprint density at radius 1 is 1.42 bits per heavy atom. The van der Waals surface area contributed by atoms with Gasteiger partial charge in [-0.1, -0.05) is 6.07 Å². The predicted octanol–water partition coefficient (Wildman–Crippen LogP) is 1.97. The van der Waals surface area contributed by atoms with Gasteiger partial charge in [0.15, 0.2) is 5.82 Å². The molecule has 0 aliphatic rings. The van der Waals surface area contributed by atoms with Crippen molar-refractivity contribution in [2.45, 2.75) is 0 Å². The van der Waals surface area contributed by atoms with Gasteiger partial charge in [0.2, 0.25) is 0 Å². The lowest BCUT2D eigenvalue weighted by atomic mass is 10.2. The number of rotatable bonds is 0. The first kappa shape index (κ1) is 7.49. The molecule has 0 fully saturated rings. The second-order valence-corrected chi connectivity index (χ2v) is 3.22. The molecule has 2 heterocycles. The predicted molar refractivity (Wildman–Crippen MR) is 51.7 cm³/mol. The molecule has 3 nitrogen and oxygen atoms in total. The summed E-state index contributed by atoms with van der Waals surface area (Å²) in [6.45, 7) is 0. The summed E-state index contributed by atoms with van der Waals surface area (Å²) < 4.78 is 0.737. The lowest BCUT2D eigenvalue weighted by molar-refractivity contribution is 1.28. The second-order valence-electron chi connectivity index (χ2n) is 2.41. The van der Waals surface area contributed by atoms with Gasteiger partial charge in [-0.2, -0.15) is 0 Å². The number of fused-ring (bicyclic) bond motifs is 1. The molecule has 0 aliphatic carbocycles. The molecule has 4 heteroatoms. The van der Waals surface area contributed by atoms with Crippen LogP contribution in [-0.4, -0.2) is 9.97 Å². The molecule has 0 aliphatic heterocycles. The molecular weight excluding hydrogens is 218 g/mol. The Balaban J connectivity index is 2.89. The first-order valence-corrected chi connectivity index (χ1v) is 4.23. The smallest absolute Gasteiger partial charge is 0.151 e. The number of nitrogens with zero attached hydrogens (tertiary/aromatic N) is 2. The van der Waals surface area contributed by atoms with E-state index in [1.807, 2.05) is 18.2 Å². The topological polar surface area (TPSA) is 51.8 Å².